The van der Waals surface area contributed by atoms with Gasteiger partial charge in [-0.25, -0.2) is 8.78 Å². The highest BCUT2D eigenvalue weighted by Crippen LogP contribution is 2.24. The molecule has 0 aliphatic carbocycles. The Bertz CT molecular complexity index is 423. The lowest BCUT2D eigenvalue weighted by atomic mass is 10.0. The molecule has 2 nitrogen and oxygen atoms in total. The summed E-state index contributed by atoms with van der Waals surface area (Å²) in [7, 11) is 0. The Kier molecular flexibility index (Phi) is 4.75. The van der Waals surface area contributed by atoms with Crippen molar-refractivity contribution in [3.63, 3.8) is 0 Å². The first-order valence-electron chi connectivity index (χ1n) is 7.04. The van der Waals surface area contributed by atoms with Gasteiger partial charge in [0.2, 0.25) is 0 Å². The number of nitrogens with one attached hydrogen (secondary N) is 1. The minimum Gasteiger partial charge on any atom is -0.369 e. The first kappa shape index (κ1) is 14.3. The molecule has 1 N–H and O–H groups in total. The van der Waals surface area contributed by atoms with Gasteiger partial charge in [0, 0.05) is 19.1 Å². The van der Waals surface area contributed by atoms with Gasteiger partial charge < -0.3 is 10.2 Å². The molecule has 1 fully saturated rings. The molecular formula is C15H22F2N2. The lowest BCUT2D eigenvalue weighted by Gasteiger charge is -2.33. The van der Waals surface area contributed by atoms with Crippen LogP contribution >= 0.6 is 0 Å². The molecule has 106 valence electrons. The van der Waals surface area contributed by atoms with Crippen molar-refractivity contribution < 1.29 is 8.78 Å². The summed E-state index contributed by atoms with van der Waals surface area (Å²) in [6.45, 7) is 6.72. The summed E-state index contributed by atoms with van der Waals surface area (Å²) in [6.07, 6.45) is 2.02. The normalized spacial score (nSPS) is 24.9. The fourth-order valence-corrected chi connectivity index (χ4v) is 2.62. The second-order valence-corrected chi connectivity index (χ2v) is 5.43. The molecule has 4 heteroatoms. The Labute approximate surface area is 113 Å². The van der Waals surface area contributed by atoms with Gasteiger partial charge in [-0.05, 0) is 37.4 Å². The Morgan fingerprint density at radius 3 is 2.89 bits per heavy atom. The quantitative estimate of drug-likeness (QED) is 0.886. The van der Waals surface area contributed by atoms with Crippen molar-refractivity contribution >= 4 is 5.69 Å². The van der Waals surface area contributed by atoms with Crippen molar-refractivity contribution in [3.8, 4) is 0 Å². The van der Waals surface area contributed by atoms with Crippen LogP contribution in [0, 0.1) is 17.6 Å². The molecule has 1 heterocycles. The molecule has 1 saturated heterocycles. The lowest BCUT2D eigenvalue weighted by Crippen LogP contribution is -2.43. The van der Waals surface area contributed by atoms with Gasteiger partial charge in [0.25, 0.3) is 0 Å². The molecule has 1 aliphatic rings. The second kappa shape index (κ2) is 6.33. The van der Waals surface area contributed by atoms with Crippen LogP contribution in [0.1, 0.15) is 26.7 Å². The van der Waals surface area contributed by atoms with Crippen LogP contribution in [0.3, 0.4) is 0 Å². The molecule has 1 aromatic carbocycles. The summed E-state index contributed by atoms with van der Waals surface area (Å²) in [5.74, 6) is -1.08. The van der Waals surface area contributed by atoms with E-state index in [1.54, 1.807) is 12.1 Å². The second-order valence-electron chi connectivity index (χ2n) is 5.43. The van der Waals surface area contributed by atoms with Crippen molar-refractivity contribution in [2.24, 2.45) is 5.92 Å². The number of rotatable bonds is 2. The van der Waals surface area contributed by atoms with E-state index in [1.165, 1.54) is 6.07 Å². The summed E-state index contributed by atoms with van der Waals surface area (Å²) in [5, 5.41) is 3.52. The molecule has 1 aliphatic heterocycles. The van der Waals surface area contributed by atoms with E-state index < -0.39 is 11.6 Å². The Hall–Kier alpha value is -1.16. The maximum Gasteiger partial charge on any atom is 0.182 e. The highest BCUT2D eigenvalue weighted by atomic mass is 19.2. The van der Waals surface area contributed by atoms with E-state index in [0.717, 1.165) is 32.5 Å². The fraction of sp³-hybridized carbons (Fsp3) is 0.600. The van der Waals surface area contributed by atoms with Crippen LogP contribution < -0.4 is 10.2 Å². The van der Waals surface area contributed by atoms with Gasteiger partial charge in [-0.1, -0.05) is 19.9 Å². The van der Waals surface area contributed by atoms with Gasteiger partial charge in [-0.3, -0.25) is 0 Å². The molecule has 1 aromatic rings. The van der Waals surface area contributed by atoms with Crippen molar-refractivity contribution in [3.05, 3.63) is 29.8 Å². The molecule has 2 unspecified atom stereocenters. The van der Waals surface area contributed by atoms with E-state index >= 15 is 0 Å². The van der Waals surface area contributed by atoms with Crippen molar-refractivity contribution in [2.45, 2.75) is 32.7 Å². The molecule has 2 rings (SSSR count). The molecule has 0 bridgehead atoms. The zero-order valence-corrected chi connectivity index (χ0v) is 11.6. The van der Waals surface area contributed by atoms with Crippen LogP contribution in [0.5, 0.6) is 0 Å². The molecule has 0 amide bonds. The van der Waals surface area contributed by atoms with Gasteiger partial charge in [-0.2, -0.15) is 0 Å². The molecule has 0 saturated carbocycles. The molecule has 0 spiro atoms. The van der Waals surface area contributed by atoms with E-state index in [9.17, 15) is 8.78 Å². The average Bonchev–Trinajstić information content (AvgIpc) is 2.38. The maximum atomic E-state index is 13.9. The van der Waals surface area contributed by atoms with E-state index in [4.69, 9.17) is 0 Å². The smallest absolute Gasteiger partial charge is 0.182 e. The Morgan fingerprint density at radius 2 is 2.16 bits per heavy atom. The van der Waals surface area contributed by atoms with Gasteiger partial charge >= 0.3 is 0 Å². The summed E-state index contributed by atoms with van der Waals surface area (Å²) in [6, 6.07) is 4.87. The minimum absolute atomic E-state index is 0.392. The largest absolute Gasteiger partial charge is 0.369 e. The molecule has 2 atom stereocenters. The fourth-order valence-electron chi connectivity index (χ4n) is 2.62. The highest BCUT2D eigenvalue weighted by molar-refractivity contribution is 5.48. The highest BCUT2D eigenvalue weighted by Gasteiger charge is 2.21. The predicted molar refractivity (Wildman–Crippen MR) is 74.4 cm³/mol. The number of halogens is 2. The van der Waals surface area contributed by atoms with E-state index in [0.29, 0.717) is 17.6 Å². The average molecular weight is 268 g/mol. The third-order valence-electron chi connectivity index (χ3n) is 3.80. The van der Waals surface area contributed by atoms with Crippen molar-refractivity contribution in [2.75, 3.05) is 24.5 Å². The lowest BCUT2D eigenvalue weighted by molar-refractivity contribution is 0.385. The first-order chi connectivity index (χ1) is 9.11. The summed E-state index contributed by atoms with van der Waals surface area (Å²) < 4.78 is 27.2. The third-order valence-corrected chi connectivity index (χ3v) is 3.80. The van der Waals surface area contributed by atoms with E-state index in [1.807, 2.05) is 4.90 Å². The van der Waals surface area contributed by atoms with Crippen LogP contribution in [0.25, 0.3) is 0 Å². The van der Waals surface area contributed by atoms with Crippen LogP contribution in [0.15, 0.2) is 18.2 Å². The minimum atomic E-state index is -0.766. The zero-order chi connectivity index (χ0) is 13.8. The van der Waals surface area contributed by atoms with Crippen LogP contribution in [0.4, 0.5) is 14.5 Å². The molecular weight excluding hydrogens is 246 g/mol. The standard InChI is InChI=1S/C15H22F2N2/c1-3-12-7-8-19(10-11(2)9-18-12)14-6-4-5-13(16)15(14)17/h4-6,11-12,18H,3,7-10H2,1-2H3. The van der Waals surface area contributed by atoms with Gasteiger partial charge in [0.15, 0.2) is 11.6 Å². The van der Waals surface area contributed by atoms with Crippen molar-refractivity contribution in [1.82, 2.24) is 5.32 Å². The summed E-state index contributed by atoms with van der Waals surface area (Å²) >= 11 is 0. The molecule has 0 radical (unpaired) electrons. The Balaban J connectivity index is 2.19. The molecule has 19 heavy (non-hydrogen) atoms. The zero-order valence-electron chi connectivity index (χ0n) is 11.6. The van der Waals surface area contributed by atoms with E-state index in [2.05, 4.69) is 19.2 Å². The number of nitrogens with zero attached hydrogens (tertiary/aromatic N) is 1. The van der Waals surface area contributed by atoms with Gasteiger partial charge in [0.1, 0.15) is 0 Å². The SMILES string of the molecule is CCC1CCN(c2cccc(F)c2F)CC(C)CN1. The monoisotopic (exact) mass is 268 g/mol. The van der Waals surface area contributed by atoms with Gasteiger partial charge in [0.05, 0.1) is 5.69 Å². The van der Waals surface area contributed by atoms with Gasteiger partial charge in [-0.15, -0.1) is 0 Å². The number of hydrogen-bond acceptors (Lipinski definition) is 2. The Morgan fingerprint density at radius 1 is 1.37 bits per heavy atom. The summed E-state index contributed by atoms with van der Waals surface area (Å²) in [4.78, 5) is 1.98. The first-order valence-corrected chi connectivity index (χ1v) is 7.04. The molecule has 0 aromatic heterocycles. The number of anilines is 1. The maximum absolute atomic E-state index is 13.9. The van der Waals surface area contributed by atoms with Crippen LogP contribution in [-0.4, -0.2) is 25.7 Å². The van der Waals surface area contributed by atoms with Crippen LogP contribution in [-0.2, 0) is 0 Å². The topological polar surface area (TPSA) is 15.3 Å². The van der Waals surface area contributed by atoms with E-state index in [-0.39, 0.29) is 0 Å². The summed E-state index contributed by atoms with van der Waals surface area (Å²) in [5.41, 5.74) is 0.392. The third kappa shape index (κ3) is 3.44. The number of benzene rings is 1. The predicted octanol–water partition coefficient (Wildman–Crippen LogP) is 3.18. The van der Waals surface area contributed by atoms with Crippen molar-refractivity contribution in [1.29, 1.82) is 0 Å². The van der Waals surface area contributed by atoms with Crippen LogP contribution in [0.2, 0.25) is 0 Å². The number of hydrogen-bond donors (Lipinski definition) is 1.